The van der Waals surface area contributed by atoms with Crippen LogP contribution in [-0.2, 0) is 6.54 Å². The molecule has 0 spiro atoms. The van der Waals surface area contributed by atoms with E-state index in [2.05, 4.69) is 20.4 Å². The molecule has 1 aromatic carbocycles. The second-order valence-corrected chi connectivity index (χ2v) is 6.31. The van der Waals surface area contributed by atoms with E-state index in [9.17, 15) is 5.11 Å². The van der Waals surface area contributed by atoms with Crippen molar-refractivity contribution in [1.82, 2.24) is 19.7 Å². The summed E-state index contributed by atoms with van der Waals surface area (Å²) in [6.07, 6.45) is 5.29. The molecular weight excluding hydrogens is 318 g/mol. The van der Waals surface area contributed by atoms with Crippen LogP contribution in [-0.4, -0.2) is 42.2 Å². The highest BCUT2D eigenvalue weighted by Crippen LogP contribution is 2.24. The van der Waals surface area contributed by atoms with Crippen molar-refractivity contribution in [3.63, 3.8) is 0 Å². The van der Waals surface area contributed by atoms with Gasteiger partial charge in [0.2, 0.25) is 5.95 Å². The molecule has 0 radical (unpaired) electrons. The van der Waals surface area contributed by atoms with E-state index < -0.39 is 5.60 Å². The third-order valence-corrected chi connectivity index (χ3v) is 3.72. The summed E-state index contributed by atoms with van der Waals surface area (Å²) in [6.45, 7) is 3.39. The summed E-state index contributed by atoms with van der Waals surface area (Å²) < 4.78 is 1.62. The van der Waals surface area contributed by atoms with Crippen molar-refractivity contribution in [3.8, 4) is 11.1 Å². The van der Waals surface area contributed by atoms with Gasteiger partial charge in [0.25, 0.3) is 0 Å². The van der Waals surface area contributed by atoms with Gasteiger partial charge >= 0.3 is 0 Å². The molecule has 0 aliphatic heterocycles. The third kappa shape index (κ3) is 4.40. The van der Waals surface area contributed by atoms with Crippen LogP contribution in [0.3, 0.4) is 0 Å². The lowest BCUT2D eigenvalue weighted by Crippen LogP contribution is -2.34. The van der Waals surface area contributed by atoms with Crippen LogP contribution in [0.1, 0.15) is 12.6 Å². The highest BCUT2D eigenvalue weighted by atomic mass is 16.3. The van der Waals surface area contributed by atoms with Crippen LogP contribution >= 0.6 is 0 Å². The second kappa shape index (κ2) is 7.00. The topological polar surface area (TPSA) is 96.1 Å². The fraction of sp³-hybridized carbons (Fsp3) is 0.278. The summed E-state index contributed by atoms with van der Waals surface area (Å²) in [6, 6.07) is 9.69. The Kier molecular flexibility index (Phi) is 4.78. The first-order chi connectivity index (χ1) is 11.9. The third-order valence-electron chi connectivity index (χ3n) is 3.72. The lowest BCUT2D eigenvalue weighted by Gasteiger charge is -2.19. The number of benzene rings is 1. The van der Waals surface area contributed by atoms with E-state index in [1.807, 2.05) is 43.5 Å². The van der Waals surface area contributed by atoms with Crippen molar-refractivity contribution in [1.29, 1.82) is 0 Å². The Morgan fingerprint density at radius 3 is 2.84 bits per heavy atom. The average Bonchev–Trinajstić information content (AvgIpc) is 3.03. The number of hydrogen-bond acceptors (Lipinski definition) is 6. The number of aliphatic hydroxyl groups is 2. The quantitative estimate of drug-likeness (QED) is 0.637. The Balaban J connectivity index is 1.79. The van der Waals surface area contributed by atoms with E-state index >= 15 is 0 Å². The zero-order valence-corrected chi connectivity index (χ0v) is 14.2. The summed E-state index contributed by atoms with van der Waals surface area (Å²) in [5, 5.41) is 26.6. The van der Waals surface area contributed by atoms with Crippen molar-refractivity contribution in [2.75, 3.05) is 11.9 Å². The monoisotopic (exact) mass is 339 g/mol. The van der Waals surface area contributed by atoms with Gasteiger partial charge < -0.3 is 15.5 Å². The van der Waals surface area contributed by atoms with Gasteiger partial charge in [-0.3, -0.25) is 4.68 Å². The minimum absolute atomic E-state index is 0.221. The number of hydrogen-bond donors (Lipinski definition) is 3. The molecule has 0 aliphatic carbocycles. The van der Waals surface area contributed by atoms with E-state index in [1.165, 1.54) is 0 Å². The minimum atomic E-state index is -1.20. The van der Waals surface area contributed by atoms with Crippen LogP contribution in [0.4, 0.5) is 11.6 Å². The van der Waals surface area contributed by atoms with E-state index in [1.54, 1.807) is 24.0 Å². The molecule has 0 unspecified atom stereocenters. The molecule has 1 atom stereocenters. The Morgan fingerprint density at radius 2 is 2.08 bits per heavy atom. The fourth-order valence-corrected chi connectivity index (χ4v) is 2.41. The number of aliphatic hydroxyl groups excluding tert-OH is 1. The zero-order chi connectivity index (χ0) is 17.9. The number of anilines is 2. The minimum Gasteiger partial charge on any atom is -0.393 e. The largest absolute Gasteiger partial charge is 0.393 e. The molecule has 3 N–H and O–H groups in total. The molecule has 2 aromatic heterocycles. The molecule has 7 heteroatoms. The Labute approximate surface area is 146 Å². The lowest BCUT2D eigenvalue weighted by molar-refractivity contribution is -0.0145. The smallest absolute Gasteiger partial charge is 0.227 e. The maximum Gasteiger partial charge on any atom is 0.227 e. The number of rotatable bonds is 6. The van der Waals surface area contributed by atoms with Crippen LogP contribution in [0.2, 0.25) is 0 Å². The highest BCUT2D eigenvalue weighted by molar-refractivity contribution is 5.68. The first-order valence-corrected chi connectivity index (χ1v) is 7.98. The van der Waals surface area contributed by atoms with Crippen molar-refractivity contribution < 1.29 is 10.2 Å². The summed E-state index contributed by atoms with van der Waals surface area (Å²) in [4.78, 5) is 8.54. The predicted octanol–water partition coefficient (Wildman–Crippen LogP) is 2.14. The number of aromatic nitrogens is 4. The van der Waals surface area contributed by atoms with Gasteiger partial charge in [-0.1, -0.05) is 12.1 Å². The van der Waals surface area contributed by atoms with Gasteiger partial charge in [0.15, 0.2) is 0 Å². The van der Waals surface area contributed by atoms with Gasteiger partial charge in [-0.2, -0.15) is 5.10 Å². The molecule has 130 valence electrons. The van der Waals surface area contributed by atoms with Crippen molar-refractivity contribution >= 4 is 11.6 Å². The molecule has 3 rings (SSSR count). The molecule has 2 heterocycles. The summed E-state index contributed by atoms with van der Waals surface area (Å²) in [5.41, 5.74) is 2.47. The van der Waals surface area contributed by atoms with Gasteiger partial charge in [0, 0.05) is 29.3 Å². The number of nitrogens with zero attached hydrogens (tertiary/aromatic N) is 4. The van der Waals surface area contributed by atoms with E-state index in [-0.39, 0.29) is 13.2 Å². The molecule has 25 heavy (non-hydrogen) atoms. The second-order valence-electron chi connectivity index (χ2n) is 6.31. The molecule has 0 bridgehead atoms. The first-order valence-electron chi connectivity index (χ1n) is 7.98. The van der Waals surface area contributed by atoms with Gasteiger partial charge in [0.1, 0.15) is 5.60 Å². The zero-order valence-electron chi connectivity index (χ0n) is 14.2. The molecule has 0 amide bonds. The summed E-state index contributed by atoms with van der Waals surface area (Å²) in [5.74, 6) is 0.548. The number of aryl methyl sites for hydroxylation is 1. The van der Waals surface area contributed by atoms with Crippen molar-refractivity contribution in [2.45, 2.75) is 26.0 Å². The van der Waals surface area contributed by atoms with Crippen molar-refractivity contribution in [3.05, 3.63) is 54.6 Å². The average molecular weight is 339 g/mol. The van der Waals surface area contributed by atoms with Crippen molar-refractivity contribution in [2.24, 2.45) is 0 Å². The van der Waals surface area contributed by atoms with Crippen LogP contribution < -0.4 is 5.32 Å². The molecule has 0 saturated heterocycles. The highest BCUT2D eigenvalue weighted by Gasteiger charge is 2.20. The lowest BCUT2D eigenvalue weighted by atomic mass is 10.1. The molecule has 0 saturated carbocycles. The first kappa shape index (κ1) is 17.1. The van der Waals surface area contributed by atoms with Gasteiger partial charge in [-0.05, 0) is 37.6 Å². The molecular formula is C18H21N5O2. The summed E-state index contributed by atoms with van der Waals surface area (Å²) in [7, 11) is 0. The number of nitrogens with one attached hydrogen (secondary N) is 1. The SMILES string of the molecule is Cc1ccnc(Nc2cccc(-c3cnn(C[C@](C)(O)CO)c3)c2)n1. The Bertz CT molecular complexity index is 860. The van der Waals surface area contributed by atoms with Crippen LogP contribution in [0.25, 0.3) is 11.1 Å². The standard InChI is InChI=1S/C18H21N5O2/c1-13-6-7-19-17(21-13)22-16-5-3-4-14(8-16)15-9-20-23(10-15)11-18(2,25)12-24/h3-10,24-25H,11-12H2,1-2H3,(H,19,21,22)/t18-/m0/s1. The van der Waals surface area contributed by atoms with Crippen LogP contribution in [0, 0.1) is 6.92 Å². The predicted molar refractivity (Wildman–Crippen MR) is 95.4 cm³/mol. The normalized spacial score (nSPS) is 13.4. The van der Waals surface area contributed by atoms with E-state index in [0.717, 1.165) is 22.5 Å². The molecule has 0 fully saturated rings. The van der Waals surface area contributed by atoms with E-state index in [4.69, 9.17) is 5.11 Å². The Hall–Kier alpha value is -2.77. The maximum atomic E-state index is 9.95. The van der Waals surface area contributed by atoms with E-state index in [0.29, 0.717) is 5.95 Å². The molecule has 3 aromatic rings. The summed E-state index contributed by atoms with van der Waals surface area (Å²) >= 11 is 0. The van der Waals surface area contributed by atoms with Crippen LogP contribution in [0.5, 0.6) is 0 Å². The van der Waals surface area contributed by atoms with Crippen LogP contribution in [0.15, 0.2) is 48.9 Å². The fourth-order valence-electron chi connectivity index (χ4n) is 2.41. The molecule has 7 nitrogen and oxygen atoms in total. The van der Waals surface area contributed by atoms with Gasteiger partial charge in [-0.25, -0.2) is 9.97 Å². The van der Waals surface area contributed by atoms with Gasteiger partial charge in [-0.15, -0.1) is 0 Å². The maximum absolute atomic E-state index is 9.95. The Morgan fingerprint density at radius 1 is 1.24 bits per heavy atom. The van der Waals surface area contributed by atoms with Gasteiger partial charge in [0.05, 0.1) is 19.3 Å². The molecule has 0 aliphatic rings.